The molecule has 8 nitrogen and oxygen atoms in total. The number of quaternary nitrogens is 1. The van der Waals surface area contributed by atoms with E-state index >= 15 is 0 Å². The molecule has 0 spiro atoms. The summed E-state index contributed by atoms with van der Waals surface area (Å²) < 4.78 is 16.9. The van der Waals surface area contributed by atoms with Crippen molar-refractivity contribution in [1.29, 1.82) is 0 Å². The SMILES string of the molecule is CCCC/C=C/CCCCCCC(=O)OCC(COCCC(C(=O)[O-])[N+](C)(C)C)OC(=O)CC/C=C/CCCCCC. The molecule has 0 fully saturated rings. The molecule has 0 saturated carbocycles. The third-order valence-electron chi connectivity index (χ3n) is 7.07. The number of aliphatic carboxylic acids is 1. The Labute approximate surface area is 256 Å². The van der Waals surface area contributed by atoms with Gasteiger partial charge in [-0.3, -0.25) is 9.59 Å². The first-order valence-corrected chi connectivity index (χ1v) is 16.4. The van der Waals surface area contributed by atoms with Crippen LogP contribution >= 0.6 is 0 Å². The molecular weight excluding hydrogens is 534 g/mol. The Morgan fingerprint density at radius 3 is 1.86 bits per heavy atom. The van der Waals surface area contributed by atoms with Crippen molar-refractivity contribution in [3.05, 3.63) is 24.3 Å². The molecule has 0 radical (unpaired) electrons. The van der Waals surface area contributed by atoms with Crippen LogP contribution in [0, 0.1) is 0 Å². The second-order valence-corrected chi connectivity index (χ2v) is 12.0. The zero-order chi connectivity index (χ0) is 31.5. The van der Waals surface area contributed by atoms with Gasteiger partial charge in [0.25, 0.3) is 0 Å². The molecule has 42 heavy (non-hydrogen) atoms. The van der Waals surface area contributed by atoms with Crippen LogP contribution in [0.15, 0.2) is 24.3 Å². The Morgan fingerprint density at radius 1 is 0.690 bits per heavy atom. The van der Waals surface area contributed by atoms with E-state index in [4.69, 9.17) is 14.2 Å². The average molecular weight is 596 g/mol. The fourth-order valence-electron chi connectivity index (χ4n) is 4.42. The first kappa shape index (κ1) is 39.8. The molecule has 0 aliphatic heterocycles. The van der Waals surface area contributed by atoms with Gasteiger partial charge in [-0.2, -0.15) is 0 Å². The van der Waals surface area contributed by atoms with E-state index in [9.17, 15) is 19.5 Å². The number of esters is 2. The summed E-state index contributed by atoms with van der Waals surface area (Å²) in [5.74, 6) is -1.83. The van der Waals surface area contributed by atoms with E-state index in [0.717, 1.165) is 51.4 Å². The summed E-state index contributed by atoms with van der Waals surface area (Å²) in [6.07, 6.45) is 23.7. The highest BCUT2D eigenvalue weighted by Gasteiger charge is 2.25. The fourth-order valence-corrected chi connectivity index (χ4v) is 4.42. The summed E-state index contributed by atoms with van der Waals surface area (Å²) in [6.45, 7) is 4.48. The molecule has 0 bridgehead atoms. The summed E-state index contributed by atoms with van der Waals surface area (Å²) in [6, 6.07) is -0.727. The smallest absolute Gasteiger partial charge is 0.306 e. The number of nitrogens with zero attached hydrogens (tertiary/aromatic N) is 1. The third kappa shape index (κ3) is 24.4. The normalized spacial score (nSPS) is 13.5. The number of allylic oxidation sites excluding steroid dienone is 4. The van der Waals surface area contributed by atoms with E-state index in [1.54, 1.807) is 21.1 Å². The highest BCUT2D eigenvalue weighted by Crippen LogP contribution is 2.11. The molecule has 0 aliphatic rings. The number of hydrogen-bond donors (Lipinski definition) is 0. The number of hydrogen-bond acceptors (Lipinski definition) is 7. The number of carboxylic acid groups (broad SMARTS) is 1. The van der Waals surface area contributed by atoms with Crippen LogP contribution in [0.3, 0.4) is 0 Å². The maximum atomic E-state index is 12.5. The van der Waals surface area contributed by atoms with Crippen LogP contribution < -0.4 is 5.11 Å². The van der Waals surface area contributed by atoms with Gasteiger partial charge in [-0.05, 0) is 44.9 Å². The van der Waals surface area contributed by atoms with Gasteiger partial charge >= 0.3 is 11.9 Å². The lowest BCUT2D eigenvalue weighted by Gasteiger charge is -2.34. The fraction of sp³-hybridized carbons (Fsp3) is 0.794. The molecule has 0 aromatic heterocycles. The van der Waals surface area contributed by atoms with Gasteiger partial charge in [-0.1, -0.05) is 83.1 Å². The van der Waals surface area contributed by atoms with Crippen LogP contribution in [-0.2, 0) is 28.6 Å². The second-order valence-electron chi connectivity index (χ2n) is 12.0. The van der Waals surface area contributed by atoms with Crippen molar-refractivity contribution in [2.75, 3.05) is 41.0 Å². The van der Waals surface area contributed by atoms with Crippen LogP contribution in [0.25, 0.3) is 0 Å². The molecule has 8 heteroatoms. The summed E-state index contributed by atoms with van der Waals surface area (Å²) >= 11 is 0. The van der Waals surface area contributed by atoms with Crippen molar-refractivity contribution in [2.24, 2.45) is 0 Å². The minimum Gasteiger partial charge on any atom is -0.544 e. The number of carbonyl (C=O) groups excluding carboxylic acids is 3. The lowest BCUT2D eigenvalue weighted by molar-refractivity contribution is -0.889. The van der Waals surface area contributed by atoms with E-state index in [1.165, 1.54) is 32.1 Å². The van der Waals surface area contributed by atoms with E-state index in [-0.39, 0.29) is 49.1 Å². The number of ether oxygens (including phenoxy) is 3. The Hall–Kier alpha value is -2.19. The lowest BCUT2D eigenvalue weighted by Crippen LogP contribution is -2.55. The molecule has 0 aromatic rings. The molecule has 0 N–H and O–H groups in total. The predicted octanol–water partition coefficient (Wildman–Crippen LogP) is 6.07. The highest BCUT2D eigenvalue weighted by atomic mass is 16.6. The molecule has 0 saturated heterocycles. The van der Waals surface area contributed by atoms with E-state index < -0.39 is 18.1 Å². The van der Waals surface area contributed by atoms with Crippen molar-refractivity contribution < 1.29 is 38.2 Å². The van der Waals surface area contributed by atoms with E-state index in [0.29, 0.717) is 12.8 Å². The molecule has 0 aromatic carbocycles. The first-order valence-electron chi connectivity index (χ1n) is 16.4. The number of carbonyl (C=O) groups is 3. The van der Waals surface area contributed by atoms with E-state index in [2.05, 4.69) is 32.1 Å². The molecule has 0 heterocycles. The Kier molecular flexibility index (Phi) is 25.1. The van der Waals surface area contributed by atoms with Gasteiger partial charge in [-0.15, -0.1) is 0 Å². The largest absolute Gasteiger partial charge is 0.544 e. The maximum absolute atomic E-state index is 12.5. The number of likely N-dealkylation sites (N-methyl/N-ethyl adjacent to an activating group) is 1. The van der Waals surface area contributed by atoms with Gasteiger partial charge in [0, 0.05) is 19.3 Å². The average Bonchev–Trinajstić information content (AvgIpc) is 2.92. The summed E-state index contributed by atoms with van der Waals surface area (Å²) in [7, 11) is 5.36. The molecular formula is C34H61NO7. The topological polar surface area (TPSA) is 102 Å². The van der Waals surface area contributed by atoms with E-state index in [1.807, 2.05) is 6.08 Å². The molecule has 0 amide bonds. The van der Waals surface area contributed by atoms with Crippen LogP contribution in [0.4, 0.5) is 0 Å². The van der Waals surface area contributed by atoms with Crippen LogP contribution in [0.1, 0.15) is 123 Å². The Balaban J connectivity index is 4.56. The van der Waals surface area contributed by atoms with Crippen LogP contribution in [-0.4, -0.2) is 75.5 Å². The second kappa shape index (κ2) is 26.4. The first-order chi connectivity index (χ1) is 20.1. The Bertz CT molecular complexity index is 757. The molecule has 2 unspecified atom stereocenters. The van der Waals surface area contributed by atoms with Gasteiger partial charge in [0.15, 0.2) is 6.10 Å². The minimum atomic E-state index is -1.13. The molecule has 2 atom stereocenters. The van der Waals surface area contributed by atoms with Crippen molar-refractivity contribution in [3.63, 3.8) is 0 Å². The molecule has 244 valence electrons. The van der Waals surface area contributed by atoms with Crippen molar-refractivity contribution in [3.8, 4) is 0 Å². The quantitative estimate of drug-likeness (QED) is 0.0468. The zero-order valence-corrected chi connectivity index (χ0v) is 27.4. The van der Waals surface area contributed by atoms with Gasteiger partial charge in [0.2, 0.25) is 0 Å². The minimum absolute atomic E-state index is 0.0228. The number of carboxylic acids is 1. The number of unbranched alkanes of at least 4 members (excludes halogenated alkanes) is 10. The van der Waals surface area contributed by atoms with Gasteiger partial charge in [-0.25, -0.2) is 0 Å². The zero-order valence-electron chi connectivity index (χ0n) is 27.4. The monoisotopic (exact) mass is 595 g/mol. The number of rotatable bonds is 28. The van der Waals surface area contributed by atoms with Crippen molar-refractivity contribution >= 4 is 17.9 Å². The standard InChI is InChI=1S/C34H61NO7/c1-6-8-10-12-14-16-17-19-20-22-24-32(36)41-29-30(28-40-27-26-31(34(38)39)35(3,4)5)42-33(37)25-23-21-18-15-13-11-9-7-2/h12,14,18,21,30-31H,6-11,13,15-17,19-20,22-29H2,1-5H3/b14-12+,21-18+. The maximum Gasteiger partial charge on any atom is 0.306 e. The van der Waals surface area contributed by atoms with Crippen LogP contribution in [0.5, 0.6) is 0 Å². The van der Waals surface area contributed by atoms with Gasteiger partial charge in [0.1, 0.15) is 12.6 Å². The highest BCUT2D eigenvalue weighted by molar-refractivity contribution is 5.70. The van der Waals surface area contributed by atoms with Gasteiger partial charge < -0.3 is 28.6 Å². The molecule has 0 rings (SSSR count). The van der Waals surface area contributed by atoms with Crippen molar-refractivity contribution in [2.45, 2.75) is 135 Å². The lowest BCUT2D eigenvalue weighted by atomic mass is 10.1. The predicted molar refractivity (Wildman–Crippen MR) is 167 cm³/mol. The Morgan fingerprint density at radius 2 is 1.26 bits per heavy atom. The summed E-state index contributed by atoms with van der Waals surface area (Å²) in [5.41, 5.74) is 0. The third-order valence-corrected chi connectivity index (χ3v) is 7.07. The van der Waals surface area contributed by atoms with Crippen molar-refractivity contribution in [1.82, 2.24) is 0 Å². The van der Waals surface area contributed by atoms with Gasteiger partial charge in [0.05, 0.1) is 40.3 Å². The summed E-state index contributed by atoms with van der Waals surface area (Å²) in [4.78, 5) is 36.3. The molecule has 0 aliphatic carbocycles. The van der Waals surface area contributed by atoms with Crippen LogP contribution in [0.2, 0.25) is 0 Å². The summed E-state index contributed by atoms with van der Waals surface area (Å²) in [5, 5.41) is 11.5.